The fourth-order valence-corrected chi connectivity index (χ4v) is 8.43. The molecule has 4 aromatic carbocycles. The lowest BCUT2D eigenvalue weighted by molar-refractivity contribution is -0.144. The van der Waals surface area contributed by atoms with Crippen LogP contribution in [0.4, 0.5) is 21.0 Å². The Labute approximate surface area is 427 Å². The number of amidine groups is 2. The highest BCUT2D eigenvalue weighted by molar-refractivity contribution is 7.86. The molecule has 4 N–H and O–H groups in total. The molecule has 0 saturated carbocycles. The number of anilines is 2. The maximum atomic E-state index is 12.7. The second-order valence-electron chi connectivity index (χ2n) is 20.0. The van der Waals surface area contributed by atoms with E-state index in [4.69, 9.17) is 29.2 Å². The van der Waals surface area contributed by atoms with Crippen LogP contribution in [0.15, 0.2) is 97.1 Å². The first-order chi connectivity index (χ1) is 34.4. The number of hydrogen-bond donors (Lipinski definition) is 4. The van der Waals surface area contributed by atoms with Gasteiger partial charge in [0, 0.05) is 66.4 Å². The molecule has 0 aliphatic carbocycles. The molecule has 20 heteroatoms. The second kappa shape index (κ2) is 23.7. The summed E-state index contributed by atoms with van der Waals surface area (Å²) in [5.74, 6) is -1.02. The van der Waals surface area contributed by atoms with Crippen LogP contribution in [0.1, 0.15) is 91.4 Å². The summed E-state index contributed by atoms with van der Waals surface area (Å²) < 4.78 is 42.7. The lowest BCUT2D eigenvalue weighted by Gasteiger charge is -2.34. The van der Waals surface area contributed by atoms with Crippen molar-refractivity contribution in [1.29, 1.82) is 10.8 Å². The molecule has 4 aromatic rings. The van der Waals surface area contributed by atoms with E-state index in [0.717, 1.165) is 43.6 Å². The van der Waals surface area contributed by atoms with Gasteiger partial charge in [-0.3, -0.25) is 49.0 Å². The quantitative estimate of drug-likeness (QED) is 0.0358. The smallest absolute Gasteiger partial charge is 0.414 e. The largest absolute Gasteiger partial charge is 0.465 e. The van der Waals surface area contributed by atoms with Crippen molar-refractivity contribution in [2.75, 3.05) is 81.6 Å². The van der Waals surface area contributed by atoms with Crippen LogP contribution in [-0.2, 0) is 44.1 Å². The van der Waals surface area contributed by atoms with E-state index in [9.17, 15) is 32.4 Å². The molecule has 73 heavy (non-hydrogen) atoms. The molecule has 2 unspecified atom stereocenters. The van der Waals surface area contributed by atoms with Crippen molar-refractivity contribution in [3.05, 3.63) is 130 Å². The van der Waals surface area contributed by atoms with E-state index in [2.05, 4.69) is 62.0 Å². The molecule has 3 heterocycles. The monoisotopic (exact) mass is 1020 g/mol. The van der Waals surface area contributed by atoms with Crippen molar-refractivity contribution >= 4 is 63.1 Å². The normalized spacial score (nSPS) is 17.5. The summed E-state index contributed by atoms with van der Waals surface area (Å²) in [6, 6.07) is 28.1. The Kier molecular flexibility index (Phi) is 18.0. The molecule has 3 aliphatic rings. The van der Waals surface area contributed by atoms with E-state index in [1.165, 1.54) is 4.90 Å². The average Bonchev–Trinajstić information content (AvgIpc) is 3.91. The van der Waals surface area contributed by atoms with Crippen LogP contribution in [0.3, 0.4) is 0 Å². The summed E-state index contributed by atoms with van der Waals surface area (Å²) in [7, 11) is -3.63. The van der Waals surface area contributed by atoms with Gasteiger partial charge in [-0.25, -0.2) is 9.59 Å². The Bertz CT molecular complexity index is 2750. The van der Waals surface area contributed by atoms with Gasteiger partial charge in [0.2, 0.25) is 0 Å². The van der Waals surface area contributed by atoms with Crippen LogP contribution in [-0.4, -0.2) is 144 Å². The summed E-state index contributed by atoms with van der Waals surface area (Å²) >= 11 is 0. The molecule has 7 rings (SSSR count). The topological polar surface area (TPSA) is 241 Å². The van der Waals surface area contributed by atoms with E-state index in [0.29, 0.717) is 59.9 Å². The zero-order chi connectivity index (χ0) is 53.3. The molecule has 2 atom stereocenters. The molecule has 3 saturated heterocycles. The lowest BCUT2D eigenvalue weighted by atomic mass is 9.86. The van der Waals surface area contributed by atoms with Crippen molar-refractivity contribution < 1.29 is 50.8 Å². The van der Waals surface area contributed by atoms with Gasteiger partial charge in [-0.15, -0.1) is 0 Å². The lowest BCUT2D eigenvalue weighted by Crippen LogP contribution is -2.50. The minimum atomic E-state index is -3.63. The molecule has 0 spiro atoms. The van der Waals surface area contributed by atoms with Gasteiger partial charge < -0.3 is 24.8 Å². The van der Waals surface area contributed by atoms with E-state index in [-0.39, 0.29) is 59.5 Å². The molecule has 3 fully saturated rings. The predicted octanol–water partition coefficient (Wildman–Crippen LogP) is 6.29. The molecule has 0 aromatic heterocycles. The molecular formula is C53H66N8O11S. The fourth-order valence-electron chi connectivity index (χ4n) is 8.03. The first kappa shape index (κ1) is 55.3. The third-order valence-electron chi connectivity index (χ3n) is 12.2. The summed E-state index contributed by atoms with van der Waals surface area (Å²) in [5.41, 5.74) is 5.33. The van der Waals surface area contributed by atoms with Crippen LogP contribution in [0.2, 0.25) is 0 Å². The van der Waals surface area contributed by atoms with Crippen LogP contribution in [0.5, 0.6) is 0 Å². The van der Waals surface area contributed by atoms with E-state index >= 15 is 0 Å². The zero-order valence-electron chi connectivity index (χ0n) is 42.7. The highest BCUT2D eigenvalue weighted by Crippen LogP contribution is 2.26. The number of carbonyl (C=O) groups excluding carboxylic acids is 5. The first-order valence-electron chi connectivity index (χ1n) is 24.0. The van der Waals surface area contributed by atoms with E-state index in [1.807, 2.05) is 24.3 Å². The summed E-state index contributed by atoms with van der Waals surface area (Å²) in [6.45, 7) is 19.1. The SMILES string of the molecule is CC(C)(C)c1ccc(C(=O)NC(=N)c2ccc(N3CC(COS(C)(=O)=O)OC3=O)cc2)cc1.CCOC(=O)CN1CCN(CC2CN(c3ccc(C(=N)NC(=O)c4ccc(C(C)(C)C)cc4)cc3)C(=O)O2)CC1. The van der Waals surface area contributed by atoms with Crippen molar-refractivity contribution in [2.45, 2.75) is 71.5 Å². The molecule has 3 aliphatic heterocycles. The first-order valence-corrected chi connectivity index (χ1v) is 25.8. The van der Waals surface area contributed by atoms with Crippen molar-refractivity contribution in [3.63, 3.8) is 0 Å². The minimum Gasteiger partial charge on any atom is -0.465 e. The third-order valence-corrected chi connectivity index (χ3v) is 12.8. The van der Waals surface area contributed by atoms with Crippen LogP contribution in [0, 0.1) is 10.8 Å². The standard InChI is InChI=1S/C30H39N5O5.C23H27N3O6S/c1-5-39-26(36)20-34-16-14-33(15-17-34)18-25-19-35(29(38)40-25)24-12-8-21(9-13-24)27(31)32-28(37)22-6-10-23(11-7-22)30(2,3)4;1-23(2,3)17-9-5-16(6-10-17)21(27)25-20(24)15-7-11-18(12-8-15)26-13-19(32-22(26)28)14-31-33(4,29)30/h6-13,25H,5,14-20H2,1-4H3,(H2,31,32,37);5-12,19H,13-14H2,1-4H3,(H2,24,25,27). The van der Waals surface area contributed by atoms with Gasteiger partial charge in [0.05, 0.1) is 32.5 Å². The second-order valence-corrected chi connectivity index (χ2v) is 21.7. The van der Waals surface area contributed by atoms with Crippen molar-refractivity contribution in [2.24, 2.45) is 0 Å². The summed E-state index contributed by atoms with van der Waals surface area (Å²) in [6.07, 6.45) is -1.07. The number of nitrogens with zero attached hydrogens (tertiary/aromatic N) is 4. The number of esters is 1. The number of rotatable bonds is 14. The number of amides is 4. The Morgan fingerprint density at radius 1 is 0.616 bits per heavy atom. The van der Waals surface area contributed by atoms with Crippen LogP contribution in [0.25, 0.3) is 0 Å². The van der Waals surface area contributed by atoms with Gasteiger partial charge >= 0.3 is 18.2 Å². The molecule has 0 bridgehead atoms. The van der Waals surface area contributed by atoms with Crippen molar-refractivity contribution in [3.8, 4) is 0 Å². The van der Waals surface area contributed by atoms with Gasteiger partial charge in [-0.1, -0.05) is 65.8 Å². The number of hydrogen-bond acceptors (Lipinski definition) is 15. The average molecular weight is 1020 g/mol. The van der Waals surface area contributed by atoms with Crippen LogP contribution < -0.4 is 20.4 Å². The van der Waals surface area contributed by atoms with Crippen LogP contribution >= 0.6 is 0 Å². The molecule has 390 valence electrons. The Morgan fingerprint density at radius 2 is 1.00 bits per heavy atom. The summed E-state index contributed by atoms with van der Waals surface area (Å²) in [5, 5.41) is 21.8. The predicted molar refractivity (Wildman–Crippen MR) is 277 cm³/mol. The zero-order valence-corrected chi connectivity index (χ0v) is 43.5. The van der Waals surface area contributed by atoms with Gasteiger partial charge in [0.25, 0.3) is 21.9 Å². The Balaban J connectivity index is 0.000000243. The Morgan fingerprint density at radius 3 is 1.40 bits per heavy atom. The Hall–Kier alpha value is -7.00. The number of nitrogens with one attached hydrogen (secondary N) is 4. The van der Waals surface area contributed by atoms with Gasteiger partial charge in [-0.05, 0) is 102 Å². The highest BCUT2D eigenvalue weighted by Gasteiger charge is 2.35. The van der Waals surface area contributed by atoms with Gasteiger partial charge in [-0.2, -0.15) is 8.42 Å². The maximum absolute atomic E-state index is 12.7. The number of ether oxygens (including phenoxy) is 3. The minimum absolute atomic E-state index is 0.00675. The molecule has 4 amide bonds. The fraction of sp³-hybridized carbons (Fsp3) is 0.415. The molecule has 19 nitrogen and oxygen atoms in total. The number of carbonyl (C=O) groups is 5. The third kappa shape index (κ3) is 15.7. The number of benzene rings is 4. The highest BCUT2D eigenvalue weighted by atomic mass is 32.2. The van der Waals surface area contributed by atoms with E-state index < -0.39 is 28.4 Å². The van der Waals surface area contributed by atoms with E-state index in [1.54, 1.807) is 84.6 Å². The summed E-state index contributed by atoms with van der Waals surface area (Å²) in [4.78, 5) is 68.8. The number of cyclic esters (lactones) is 2. The molecular weight excluding hydrogens is 957 g/mol. The number of piperazine rings is 1. The van der Waals surface area contributed by atoms with Gasteiger partial charge in [0.15, 0.2) is 0 Å². The maximum Gasteiger partial charge on any atom is 0.414 e. The van der Waals surface area contributed by atoms with Gasteiger partial charge in [0.1, 0.15) is 30.5 Å². The molecule has 0 radical (unpaired) electrons. The van der Waals surface area contributed by atoms with Crippen molar-refractivity contribution in [1.82, 2.24) is 20.4 Å².